The molecule has 4 aliphatic heterocycles. The van der Waals surface area contributed by atoms with Gasteiger partial charge in [0.15, 0.2) is 0 Å². The first-order chi connectivity index (χ1) is 22.4. The molecule has 0 fully saturated rings. The summed E-state index contributed by atoms with van der Waals surface area (Å²) in [6.07, 6.45) is 0. The molecule has 0 unspecified atom stereocenters. The molecule has 0 saturated carbocycles. The van der Waals surface area contributed by atoms with Crippen LogP contribution >= 0.6 is 11.8 Å². The molecule has 0 N–H and O–H groups in total. The average molecular weight is 627 g/mol. The Labute approximate surface area is 275 Å². The molecule has 0 saturated heterocycles. The van der Waals surface area contributed by atoms with Gasteiger partial charge in [-0.05, 0) is 94.3 Å². The Morgan fingerprint density at radius 2 is 1.39 bits per heavy atom. The normalized spacial score (nSPS) is 15.5. The maximum Gasteiger partial charge on any atom is 0.333 e. The Bertz CT molecular complexity index is 2320. The minimum Gasteiger partial charge on any atom is -0.455 e. The van der Waals surface area contributed by atoms with Crippen LogP contribution in [0.2, 0.25) is 13.1 Å². The SMILES string of the molecule is Cc1cc2c3c(c1)N1c4ccccc4[Si](C)(C)c4cccc(c41)B3N(c1ccccc1C)c1cc3c(cc1-2)Oc1ccccc1S3. The van der Waals surface area contributed by atoms with Gasteiger partial charge < -0.3 is 14.4 Å². The van der Waals surface area contributed by atoms with Gasteiger partial charge in [0.05, 0.1) is 9.79 Å². The summed E-state index contributed by atoms with van der Waals surface area (Å²) in [5, 5.41) is 3.01. The highest BCUT2D eigenvalue weighted by molar-refractivity contribution is 7.99. The van der Waals surface area contributed by atoms with E-state index in [1.54, 1.807) is 11.8 Å². The van der Waals surface area contributed by atoms with E-state index < -0.39 is 8.07 Å². The molecule has 4 aliphatic rings. The molecule has 10 rings (SSSR count). The third kappa shape index (κ3) is 3.41. The molecule has 6 heteroatoms. The van der Waals surface area contributed by atoms with E-state index in [0.29, 0.717) is 0 Å². The van der Waals surface area contributed by atoms with Gasteiger partial charge in [0, 0.05) is 34.0 Å². The lowest BCUT2D eigenvalue weighted by Gasteiger charge is -2.50. The second-order valence-electron chi connectivity index (χ2n) is 13.5. The van der Waals surface area contributed by atoms with Gasteiger partial charge in [-0.2, -0.15) is 0 Å². The predicted molar refractivity (Wildman–Crippen MR) is 197 cm³/mol. The van der Waals surface area contributed by atoms with Gasteiger partial charge in [0.1, 0.15) is 19.6 Å². The number of aryl methyl sites for hydroxylation is 2. The van der Waals surface area contributed by atoms with Crippen LogP contribution in [0.4, 0.5) is 28.4 Å². The maximum atomic E-state index is 6.60. The molecule has 46 heavy (non-hydrogen) atoms. The zero-order valence-electron chi connectivity index (χ0n) is 26.3. The van der Waals surface area contributed by atoms with E-state index in [2.05, 4.69) is 152 Å². The van der Waals surface area contributed by atoms with Crippen LogP contribution in [0.25, 0.3) is 11.1 Å². The van der Waals surface area contributed by atoms with Crippen LogP contribution in [-0.4, -0.2) is 14.9 Å². The van der Waals surface area contributed by atoms with Crippen molar-refractivity contribution >= 4 is 76.4 Å². The van der Waals surface area contributed by atoms with Crippen LogP contribution in [0.1, 0.15) is 11.1 Å². The number of ether oxygens (including phenoxy) is 1. The highest BCUT2D eigenvalue weighted by Crippen LogP contribution is 2.54. The lowest BCUT2D eigenvalue weighted by molar-refractivity contribution is 0.455. The fourth-order valence-electron chi connectivity index (χ4n) is 8.37. The molecule has 0 amide bonds. The molecule has 0 aromatic heterocycles. The number of hydrogen-bond donors (Lipinski definition) is 0. The number of fused-ring (bicyclic) bond motifs is 8. The zero-order chi connectivity index (χ0) is 30.9. The van der Waals surface area contributed by atoms with Gasteiger partial charge in [-0.1, -0.05) is 97.7 Å². The second kappa shape index (κ2) is 9.21. The van der Waals surface area contributed by atoms with E-state index in [1.807, 2.05) is 0 Å². The standard InChI is InChI=1S/C40H31BN2OSSi/c1-24-20-27-26-22-34-36(45-35-17-9-8-16-33(35)44-34)23-31(26)43(29-14-6-5-12-25(29)2)41-28-13-11-19-38-40(28)42(32(21-24)39(27)41)30-15-7-10-18-37(30)46(38,3)4/h5-23H,1-4H3. The van der Waals surface area contributed by atoms with Crippen molar-refractivity contribution in [2.45, 2.75) is 36.7 Å². The van der Waals surface area contributed by atoms with Crippen molar-refractivity contribution < 1.29 is 4.74 Å². The van der Waals surface area contributed by atoms with Crippen molar-refractivity contribution in [3.63, 3.8) is 0 Å². The van der Waals surface area contributed by atoms with Crippen molar-refractivity contribution in [1.29, 1.82) is 0 Å². The summed E-state index contributed by atoms with van der Waals surface area (Å²) < 4.78 is 6.60. The van der Waals surface area contributed by atoms with Crippen LogP contribution in [0.15, 0.2) is 125 Å². The Morgan fingerprint density at radius 1 is 0.630 bits per heavy atom. The predicted octanol–water partition coefficient (Wildman–Crippen LogP) is 8.40. The molecular formula is C40H31BN2OSSi. The molecule has 0 bridgehead atoms. The molecule has 0 spiro atoms. The van der Waals surface area contributed by atoms with Crippen LogP contribution < -0.4 is 35.7 Å². The largest absolute Gasteiger partial charge is 0.455 e. The van der Waals surface area contributed by atoms with E-state index in [4.69, 9.17) is 4.74 Å². The van der Waals surface area contributed by atoms with E-state index in [9.17, 15) is 0 Å². The highest BCUT2D eigenvalue weighted by atomic mass is 32.2. The number of hydrogen-bond acceptors (Lipinski definition) is 4. The average Bonchev–Trinajstić information content (AvgIpc) is 3.06. The molecule has 220 valence electrons. The topological polar surface area (TPSA) is 15.7 Å². The molecule has 0 atom stereocenters. The lowest BCUT2D eigenvalue weighted by atomic mass is 9.43. The fraction of sp³-hybridized carbons (Fsp3) is 0.100. The Hall–Kier alpha value is -4.65. The van der Waals surface area contributed by atoms with Gasteiger partial charge in [0.25, 0.3) is 0 Å². The van der Waals surface area contributed by atoms with E-state index in [-0.39, 0.29) is 6.85 Å². The molecule has 4 heterocycles. The molecule has 3 nitrogen and oxygen atoms in total. The summed E-state index contributed by atoms with van der Waals surface area (Å²) >= 11 is 1.81. The summed E-state index contributed by atoms with van der Waals surface area (Å²) in [6, 6.07) is 43.0. The molecule has 0 radical (unpaired) electrons. The van der Waals surface area contributed by atoms with Crippen LogP contribution in [0, 0.1) is 13.8 Å². The van der Waals surface area contributed by atoms with Crippen molar-refractivity contribution in [2.75, 3.05) is 9.71 Å². The molecule has 6 aromatic carbocycles. The van der Waals surface area contributed by atoms with Crippen molar-refractivity contribution in [1.82, 2.24) is 0 Å². The van der Waals surface area contributed by atoms with Gasteiger partial charge in [-0.25, -0.2) is 0 Å². The van der Waals surface area contributed by atoms with Crippen molar-refractivity contribution in [2.24, 2.45) is 0 Å². The first-order valence-electron chi connectivity index (χ1n) is 16.1. The Balaban J connectivity index is 1.33. The fourth-order valence-corrected chi connectivity index (χ4v) is 12.3. The maximum absolute atomic E-state index is 6.60. The first kappa shape index (κ1) is 26.6. The lowest BCUT2D eigenvalue weighted by Crippen LogP contribution is -2.67. The van der Waals surface area contributed by atoms with Gasteiger partial charge in [-0.3, -0.25) is 0 Å². The van der Waals surface area contributed by atoms with Crippen LogP contribution in [0.3, 0.4) is 0 Å². The van der Waals surface area contributed by atoms with E-state index in [0.717, 1.165) is 21.3 Å². The second-order valence-corrected chi connectivity index (χ2v) is 18.9. The Morgan fingerprint density at radius 3 is 2.26 bits per heavy atom. The number of para-hydroxylation sites is 4. The molecular weight excluding hydrogens is 595 g/mol. The Kier molecular flexibility index (Phi) is 5.32. The third-order valence-corrected chi connectivity index (χ3v) is 15.0. The summed E-state index contributed by atoms with van der Waals surface area (Å²) in [6.45, 7) is 9.56. The quantitative estimate of drug-likeness (QED) is 0.170. The number of rotatable bonds is 1. The van der Waals surface area contributed by atoms with Gasteiger partial charge in [-0.15, -0.1) is 0 Å². The first-order valence-corrected chi connectivity index (χ1v) is 19.9. The zero-order valence-corrected chi connectivity index (χ0v) is 28.1. The van der Waals surface area contributed by atoms with Gasteiger partial charge in [0.2, 0.25) is 0 Å². The third-order valence-electron chi connectivity index (χ3n) is 10.4. The monoisotopic (exact) mass is 626 g/mol. The van der Waals surface area contributed by atoms with Gasteiger partial charge >= 0.3 is 6.85 Å². The summed E-state index contributed by atoms with van der Waals surface area (Å²) in [5.41, 5.74) is 14.3. The van der Waals surface area contributed by atoms with Crippen molar-refractivity contribution in [3.05, 3.63) is 126 Å². The van der Waals surface area contributed by atoms with Crippen molar-refractivity contribution in [3.8, 4) is 22.6 Å². The van der Waals surface area contributed by atoms with E-state index >= 15 is 0 Å². The summed E-state index contributed by atoms with van der Waals surface area (Å²) in [5.74, 6) is 1.85. The van der Waals surface area contributed by atoms with Crippen LogP contribution in [0.5, 0.6) is 11.5 Å². The summed E-state index contributed by atoms with van der Waals surface area (Å²) in [7, 11) is -1.98. The van der Waals surface area contributed by atoms with Crippen LogP contribution in [-0.2, 0) is 0 Å². The summed E-state index contributed by atoms with van der Waals surface area (Å²) in [4.78, 5) is 7.54. The van der Waals surface area contributed by atoms with E-state index in [1.165, 1.54) is 72.0 Å². The highest BCUT2D eigenvalue weighted by Gasteiger charge is 2.50. The minimum absolute atomic E-state index is 0.0281. The minimum atomic E-state index is -1.98. The molecule has 6 aromatic rings. The number of benzene rings is 6. The molecule has 0 aliphatic carbocycles. The number of nitrogens with zero attached hydrogens (tertiary/aromatic N) is 2. The number of anilines is 5. The smallest absolute Gasteiger partial charge is 0.333 e.